The molecule has 1 saturated carbocycles. The molecule has 3 unspecified atom stereocenters. The predicted octanol–water partition coefficient (Wildman–Crippen LogP) is 3.51. The first-order chi connectivity index (χ1) is 9.08. The number of Topliss-reactive ketones (excluding diaryl/α,β-unsaturated/α-hetero) is 1. The number of carbonyl (C=O) groups excluding carboxylic acids is 1. The van der Waals surface area contributed by atoms with Crippen LogP contribution in [0.25, 0.3) is 0 Å². The Morgan fingerprint density at radius 2 is 2.05 bits per heavy atom. The van der Waals surface area contributed by atoms with Crippen molar-refractivity contribution >= 4 is 16.6 Å². The standard InChI is InChI=1S/C16H22O2S/c1-12-6-5-8-14(10-12)19(18)11-16(17)15-9-4-3-7-13(15)2/h3-4,7,9,12,14H,5-6,8,10-11H2,1-2H3. The van der Waals surface area contributed by atoms with E-state index in [2.05, 4.69) is 6.92 Å². The third-order valence-corrected chi connectivity index (χ3v) is 5.70. The van der Waals surface area contributed by atoms with Gasteiger partial charge in [0.2, 0.25) is 0 Å². The van der Waals surface area contributed by atoms with Crippen molar-refractivity contribution in [3.8, 4) is 0 Å². The predicted molar refractivity (Wildman–Crippen MR) is 79.9 cm³/mol. The molecule has 104 valence electrons. The lowest BCUT2D eigenvalue weighted by Gasteiger charge is -2.25. The van der Waals surface area contributed by atoms with Crippen LogP contribution in [0.3, 0.4) is 0 Å². The minimum Gasteiger partial charge on any atom is -0.293 e. The van der Waals surface area contributed by atoms with Crippen LogP contribution in [-0.2, 0) is 10.8 Å². The fraction of sp³-hybridized carbons (Fsp3) is 0.562. The van der Waals surface area contributed by atoms with Gasteiger partial charge in [-0.05, 0) is 31.2 Å². The van der Waals surface area contributed by atoms with Gasteiger partial charge < -0.3 is 0 Å². The Morgan fingerprint density at radius 1 is 1.32 bits per heavy atom. The summed E-state index contributed by atoms with van der Waals surface area (Å²) in [6, 6.07) is 7.55. The van der Waals surface area contributed by atoms with Crippen LogP contribution in [0.2, 0.25) is 0 Å². The highest BCUT2D eigenvalue weighted by Gasteiger charge is 2.25. The molecule has 0 amide bonds. The van der Waals surface area contributed by atoms with E-state index in [1.165, 1.54) is 6.42 Å². The number of hydrogen-bond donors (Lipinski definition) is 0. The Hall–Kier alpha value is -0.960. The zero-order valence-electron chi connectivity index (χ0n) is 11.7. The molecule has 1 aliphatic rings. The maximum Gasteiger partial charge on any atom is 0.175 e. The van der Waals surface area contributed by atoms with Crippen molar-refractivity contribution in [2.45, 2.75) is 44.8 Å². The van der Waals surface area contributed by atoms with E-state index in [1.807, 2.05) is 31.2 Å². The number of benzene rings is 1. The molecule has 0 N–H and O–H groups in total. The van der Waals surface area contributed by atoms with E-state index in [4.69, 9.17) is 0 Å². The SMILES string of the molecule is Cc1ccccc1C(=O)CS(=O)C1CCCC(C)C1. The molecule has 3 atom stereocenters. The largest absolute Gasteiger partial charge is 0.293 e. The normalized spacial score (nSPS) is 24.9. The van der Waals surface area contributed by atoms with Gasteiger partial charge in [-0.25, -0.2) is 0 Å². The van der Waals surface area contributed by atoms with Crippen LogP contribution in [0, 0.1) is 12.8 Å². The minimum atomic E-state index is -1.02. The molecule has 0 heterocycles. The van der Waals surface area contributed by atoms with Gasteiger partial charge in [-0.2, -0.15) is 0 Å². The molecule has 0 aliphatic heterocycles. The second-order valence-corrected chi connectivity index (χ2v) is 7.37. The van der Waals surface area contributed by atoms with Crippen molar-refractivity contribution in [3.05, 3.63) is 35.4 Å². The van der Waals surface area contributed by atoms with E-state index in [0.717, 1.165) is 30.4 Å². The summed E-state index contributed by atoms with van der Waals surface area (Å²) in [7, 11) is -1.02. The average molecular weight is 278 g/mol. The van der Waals surface area contributed by atoms with Crippen LogP contribution in [0.1, 0.15) is 48.5 Å². The Kier molecular flexibility index (Phi) is 4.92. The lowest BCUT2D eigenvalue weighted by atomic mass is 9.91. The van der Waals surface area contributed by atoms with Crippen LogP contribution in [0.15, 0.2) is 24.3 Å². The fourth-order valence-corrected chi connectivity index (χ4v) is 4.45. The van der Waals surface area contributed by atoms with Crippen molar-refractivity contribution in [1.82, 2.24) is 0 Å². The number of hydrogen-bond acceptors (Lipinski definition) is 2. The summed E-state index contributed by atoms with van der Waals surface area (Å²) in [6.07, 6.45) is 4.40. The molecule has 1 fully saturated rings. The molecular formula is C16H22O2S. The summed E-state index contributed by atoms with van der Waals surface area (Å²) in [6.45, 7) is 4.14. The first-order valence-corrected chi connectivity index (χ1v) is 8.42. The van der Waals surface area contributed by atoms with E-state index >= 15 is 0 Å². The summed E-state index contributed by atoms with van der Waals surface area (Å²) < 4.78 is 12.3. The second kappa shape index (κ2) is 6.47. The number of ketones is 1. The summed E-state index contributed by atoms with van der Waals surface area (Å²) in [5.41, 5.74) is 1.70. The summed E-state index contributed by atoms with van der Waals surface area (Å²) in [5, 5.41) is 0.219. The quantitative estimate of drug-likeness (QED) is 0.790. The van der Waals surface area contributed by atoms with Crippen LogP contribution in [0.4, 0.5) is 0 Å². The topological polar surface area (TPSA) is 34.1 Å². The highest BCUT2D eigenvalue weighted by molar-refractivity contribution is 7.86. The molecule has 2 nitrogen and oxygen atoms in total. The maximum atomic E-state index is 12.3. The molecular weight excluding hydrogens is 256 g/mol. The van der Waals surface area contributed by atoms with Crippen LogP contribution >= 0.6 is 0 Å². The van der Waals surface area contributed by atoms with Gasteiger partial charge in [-0.3, -0.25) is 9.00 Å². The lowest BCUT2D eigenvalue weighted by molar-refractivity contribution is 0.102. The van der Waals surface area contributed by atoms with E-state index in [9.17, 15) is 9.00 Å². The van der Waals surface area contributed by atoms with Crippen molar-refractivity contribution < 1.29 is 9.00 Å². The Balaban J connectivity index is 1.99. The van der Waals surface area contributed by atoms with Gasteiger partial charge in [0.05, 0.1) is 5.75 Å². The molecule has 1 aromatic carbocycles. The molecule has 19 heavy (non-hydrogen) atoms. The van der Waals surface area contributed by atoms with Crippen LogP contribution in [-0.4, -0.2) is 21.0 Å². The monoisotopic (exact) mass is 278 g/mol. The Labute approximate surface area is 118 Å². The maximum absolute atomic E-state index is 12.3. The summed E-state index contributed by atoms with van der Waals surface area (Å²) in [5.74, 6) is 0.855. The first-order valence-electron chi connectivity index (χ1n) is 7.04. The van der Waals surface area contributed by atoms with Crippen LogP contribution < -0.4 is 0 Å². The first kappa shape index (κ1) is 14.4. The average Bonchev–Trinajstić information content (AvgIpc) is 2.39. The molecule has 3 heteroatoms. The molecule has 0 bridgehead atoms. The van der Waals surface area contributed by atoms with E-state index in [1.54, 1.807) is 0 Å². The second-order valence-electron chi connectivity index (χ2n) is 5.66. The lowest BCUT2D eigenvalue weighted by Crippen LogP contribution is -2.27. The zero-order valence-corrected chi connectivity index (χ0v) is 12.5. The van der Waals surface area contributed by atoms with Gasteiger partial charge in [0.25, 0.3) is 0 Å². The fourth-order valence-electron chi connectivity index (χ4n) is 2.83. The molecule has 0 radical (unpaired) electrons. The van der Waals surface area contributed by atoms with Crippen molar-refractivity contribution in [2.24, 2.45) is 5.92 Å². The molecule has 2 rings (SSSR count). The van der Waals surface area contributed by atoms with Gasteiger partial charge in [0.15, 0.2) is 5.78 Å². The smallest absolute Gasteiger partial charge is 0.175 e. The Morgan fingerprint density at radius 3 is 2.74 bits per heavy atom. The van der Waals surface area contributed by atoms with E-state index < -0.39 is 10.8 Å². The van der Waals surface area contributed by atoms with Crippen LogP contribution in [0.5, 0.6) is 0 Å². The van der Waals surface area contributed by atoms with Crippen molar-refractivity contribution in [1.29, 1.82) is 0 Å². The van der Waals surface area contributed by atoms with E-state index in [0.29, 0.717) is 5.92 Å². The minimum absolute atomic E-state index is 0.0228. The molecule has 1 aromatic rings. The summed E-state index contributed by atoms with van der Waals surface area (Å²) in [4.78, 5) is 12.2. The third kappa shape index (κ3) is 3.75. The number of rotatable bonds is 4. The van der Waals surface area contributed by atoms with Gasteiger partial charge in [-0.1, -0.05) is 44.0 Å². The molecule has 0 saturated heterocycles. The van der Waals surface area contributed by atoms with Gasteiger partial charge in [0.1, 0.15) is 0 Å². The van der Waals surface area contributed by atoms with E-state index in [-0.39, 0.29) is 16.8 Å². The molecule has 1 aliphatic carbocycles. The van der Waals surface area contributed by atoms with Gasteiger partial charge >= 0.3 is 0 Å². The molecule has 0 spiro atoms. The van der Waals surface area contributed by atoms with Crippen molar-refractivity contribution in [2.75, 3.05) is 5.75 Å². The highest BCUT2D eigenvalue weighted by atomic mass is 32.2. The molecule has 0 aromatic heterocycles. The zero-order chi connectivity index (χ0) is 13.8. The number of aryl methyl sites for hydroxylation is 1. The highest BCUT2D eigenvalue weighted by Crippen LogP contribution is 2.27. The van der Waals surface area contributed by atoms with Crippen molar-refractivity contribution in [3.63, 3.8) is 0 Å². The third-order valence-electron chi connectivity index (χ3n) is 3.98. The van der Waals surface area contributed by atoms with Gasteiger partial charge in [-0.15, -0.1) is 0 Å². The van der Waals surface area contributed by atoms with Gasteiger partial charge in [0, 0.05) is 21.6 Å². The number of carbonyl (C=O) groups is 1. The summed E-state index contributed by atoms with van der Waals surface area (Å²) >= 11 is 0. The Bertz CT molecular complexity index is 481.